The molecule has 0 atom stereocenters. The molecule has 0 amide bonds. The minimum absolute atomic E-state index is 0.0233. The Hall–Kier alpha value is -1.39. The molecule has 2 nitrogen and oxygen atoms in total. The molecular formula is C15H8Br2O2. The van der Waals surface area contributed by atoms with Gasteiger partial charge in [-0.1, -0.05) is 44.0 Å². The topological polar surface area (TPSA) is 30.2 Å². The molecule has 0 bridgehead atoms. The van der Waals surface area contributed by atoms with Crippen LogP contribution in [-0.2, 0) is 0 Å². The standard InChI is InChI=1S/C15H8Br2O2/c16-10-3-1-9(2-4-10)13-8-19-14-6-5-11(17)7-12(14)15(13)18/h1-8H. The van der Waals surface area contributed by atoms with Crippen molar-refractivity contribution in [1.82, 2.24) is 0 Å². The summed E-state index contributed by atoms with van der Waals surface area (Å²) >= 11 is 6.75. The van der Waals surface area contributed by atoms with Crippen LogP contribution in [0, 0.1) is 0 Å². The van der Waals surface area contributed by atoms with Gasteiger partial charge < -0.3 is 4.42 Å². The van der Waals surface area contributed by atoms with E-state index in [4.69, 9.17) is 4.42 Å². The first-order valence-electron chi connectivity index (χ1n) is 5.62. The Morgan fingerprint density at radius 3 is 2.32 bits per heavy atom. The second kappa shape index (κ2) is 4.94. The number of rotatable bonds is 1. The number of hydrogen-bond acceptors (Lipinski definition) is 2. The van der Waals surface area contributed by atoms with E-state index in [-0.39, 0.29) is 5.43 Å². The third-order valence-electron chi connectivity index (χ3n) is 2.89. The molecule has 94 valence electrons. The predicted octanol–water partition coefficient (Wildman–Crippen LogP) is 4.99. The third-order valence-corrected chi connectivity index (χ3v) is 3.91. The van der Waals surface area contributed by atoms with Gasteiger partial charge in [-0.3, -0.25) is 4.79 Å². The molecule has 0 aliphatic rings. The van der Waals surface area contributed by atoms with Crippen LogP contribution in [0.3, 0.4) is 0 Å². The zero-order chi connectivity index (χ0) is 13.4. The van der Waals surface area contributed by atoms with Crippen LogP contribution in [0.2, 0.25) is 0 Å². The maximum absolute atomic E-state index is 12.5. The van der Waals surface area contributed by atoms with Gasteiger partial charge in [0.05, 0.1) is 10.9 Å². The van der Waals surface area contributed by atoms with Crippen molar-refractivity contribution < 1.29 is 4.42 Å². The van der Waals surface area contributed by atoms with E-state index in [9.17, 15) is 4.79 Å². The van der Waals surface area contributed by atoms with Crippen molar-refractivity contribution >= 4 is 42.8 Å². The number of halogens is 2. The van der Waals surface area contributed by atoms with Crippen molar-refractivity contribution in [1.29, 1.82) is 0 Å². The van der Waals surface area contributed by atoms with E-state index < -0.39 is 0 Å². The summed E-state index contributed by atoms with van der Waals surface area (Å²) in [5.41, 5.74) is 1.98. The predicted molar refractivity (Wildman–Crippen MR) is 83.3 cm³/mol. The minimum atomic E-state index is -0.0233. The lowest BCUT2D eigenvalue weighted by molar-refractivity contribution is 0.604. The Morgan fingerprint density at radius 1 is 0.895 bits per heavy atom. The maximum Gasteiger partial charge on any atom is 0.200 e. The Kier molecular flexibility index (Phi) is 3.29. The fourth-order valence-corrected chi connectivity index (χ4v) is 2.56. The van der Waals surface area contributed by atoms with Crippen molar-refractivity contribution in [2.24, 2.45) is 0 Å². The Bertz CT molecular complexity index is 804. The summed E-state index contributed by atoms with van der Waals surface area (Å²) in [6.45, 7) is 0. The fourth-order valence-electron chi connectivity index (χ4n) is 1.93. The van der Waals surface area contributed by atoms with Crippen LogP contribution in [0.5, 0.6) is 0 Å². The van der Waals surface area contributed by atoms with Crippen molar-refractivity contribution in [3.8, 4) is 11.1 Å². The average molecular weight is 380 g/mol. The van der Waals surface area contributed by atoms with Gasteiger partial charge in [0.2, 0.25) is 5.43 Å². The molecule has 2 aromatic carbocycles. The van der Waals surface area contributed by atoms with Gasteiger partial charge in [0.15, 0.2) is 0 Å². The molecule has 0 radical (unpaired) electrons. The molecule has 0 fully saturated rings. The first-order valence-corrected chi connectivity index (χ1v) is 7.21. The second-order valence-electron chi connectivity index (χ2n) is 4.13. The molecular weight excluding hydrogens is 372 g/mol. The Labute approximate surface area is 126 Å². The summed E-state index contributed by atoms with van der Waals surface area (Å²) in [6, 6.07) is 13.0. The number of benzene rings is 2. The van der Waals surface area contributed by atoms with Gasteiger partial charge in [0, 0.05) is 8.95 Å². The monoisotopic (exact) mass is 378 g/mol. The molecule has 4 heteroatoms. The summed E-state index contributed by atoms with van der Waals surface area (Å²) in [7, 11) is 0. The lowest BCUT2D eigenvalue weighted by Gasteiger charge is -2.03. The SMILES string of the molecule is O=c1c(-c2ccc(Br)cc2)coc2ccc(Br)cc12. The van der Waals surface area contributed by atoms with Crippen LogP contribution in [0.1, 0.15) is 0 Å². The van der Waals surface area contributed by atoms with E-state index in [2.05, 4.69) is 31.9 Å². The van der Waals surface area contributed by atoms with E-state index in [0.29, 0.717) is 16.5 Å². The van der Waals surface area contributed by atoms with Gasteiger partial charge in [-0.25, -0.2) is 0 Å². The molecule has 0 aliphatic heterocycles. The highest BCUT2D eigenvalue weighted by atomic mass is 79.9. The van der Waals surface area contributed by atoms with Crippen LogP contribution in [-0.4, -0.2) is 0 Å². The molecule has 0 aliphatic carbocycles. The van der Waals surface area contributed by atoms with E-state index in [1.807, 2.05) is 30.3 Å². The lowest BCUT2D eigenvalue weighted by atomic mass is 10.1. The van der Waals surface area contributed by atoms with E-state index in [1.54, 1.807) is 12.1 Å². The molecule has 0 saturated heterocycles. The smallest absolute Gasteiger partial charge is 0.200 e. The van der Waals surface area contributed by atoms with Crippen LogP contribution in [0.15, 0.2) is 66.9 Å². The largest absolute Gasteiger partial charge is 0.463 e. The van der Waals surface area contributed by atoms with Gasteiger partial charge in [-0.15, -0.1) is 0 Å². The van der Waals surface area contributed by atoms with E-state index in [0.717, 1.165) is 14.5 Å². The van der Waals surface area contributed by atoms with Crippen molar-refractivity contribution in [3.05, 3.63) is 67.9 Å². The highest BCUT2D eigenvalue weighted by Crippen LogP contribution is 2.23. The first-order chi connectivity index (χ1) is 9.15. The summed E-state index contributed by atoms with van der Waals surface area (Å²) in [5.74, 6) is 0. The van der Waals surface area contributed by atoms with Gasteiger partial charge in [-0.2, -0.15) is 0 Å². The highest BCUT2D eigenvalue weighted by Gasteiger charge is 2.09. The number of hydrogen-bond donors (Lipinski definition) is 0. The fraction of sp³-hybridized carbons (Fsp3) is 0. The van der Waals surface area contributed by atoms with Gasteiger partial charge in [0.25, 0.3) is 0 Å². The normalized spacial score (nSPS) is 10.8. The molecule has 0 unspecified atom stereocenters. The van der Waals surface area contributed by atoms with Crippen LogP contribution < -0.4 is 5.43 Å². The maximum atomic E-state index is 12.5. The number of fused-ring (bicyclic) bond motifs is 1. The van der Waals surface area contributed by atoms with Crippen molar-refractivity contribution in [2.75, 3.05) is 0 Å². The molecule has 3 aromatic rings. The minimum Gasteiger partial charge on any atom is -0.463 e. The molecule has 19 heavy (non-hydrogen) atoms. The molecule has 3 rings (SSSR count). The van der Waals surface area contributed by atoms with E-state index in [1.165, 1.54) is 6.26 Å². The third kappa shape index (κ3) is 2.38. The van der Waals surface area contributed by atoms with Gasteiger partial charge in [0.1, 0.15) is 11.8 Å². The molecule has 0 saturated carbocycles. The zero-order valence-corrected chi connectivity index (χ0v) is 12.9. The molecule has 1 aromatic heterocycles. The van der Waals surface area contributed by atoms with Crippen molar-refractivity contribution in [2.45, 2.75) is 0 Å². The van der Waals surface area contributed by atoms with Crippen molar-refractivity contribution in [3.63, 3.8) is 0 Å². The average Bonchev–Trinajstić information content (AvgIpc) is 2.41. The summed E-state index contributed by atoms with van der Waals surface area (Å²) in [5, 5.41) is 0.579. The highest BCUT2D eigenvalue weighted by molar-refractivity contribution is 9.10. The summed E-state index contributed by atoms with van der Waals surface area (Å²) in [6.07, 6.45) is 1.52. The summed E-state index contributed by atoms with van der Waals surface area (Å²) < 4.78 is 7.37. The first kappa shape index (κ1) is 12.6. The van der Waals surface area contributed by atoms with Gasteiger partial charge >= 0.3 is 0 Å². The summed E-state index contributed by atoms with van der Waals surface area (Å²) in [4.78, 5) is 12.5. The van der Waals surface area contributed by atoms with Crippen LogP contribution in [0.25, 0.3) is 22.1 Å². The molecule has 1 heterocycles. The van der Waals surface area contributed by atoms with Crippen LogP contribution >= 0.6 is 31.9 Å². The molecule has 0 spiro atoms. The lowest BCUT2D eigenvalue weighted by Crippen LogP contribution is -2.04. The quantitative estimate of drug-likeness (QED) is 0.596. The Morgan fingerprint density at radius 2 is 1.58 bits per heavy atom. The second-order valence-corrected chi connectivity index (χ2v) is 5.96. The molecule has 0 N–H and O–H groups in total. The Balaban J connectivity index is 2.28. The van der Waals surface area contributed by atoms with Gasteiger partial charge in [-0.05, 0) is 35.9 Å². The zero-order valence-electron chi connectivity index (χ0n) is 9.69. The van der Waals surface area contributed by atoms with Crippen LogP contribution in [0.4, 0.5) is 0 Å². The van der Waals surface area contributed by atoms with E-state index >= 15 is 0 Å².